The topological polar surface area (TPSA) is 0 Å². The minimum absolute atomic E-state index is 0.847. The van der Waals surface area contributed by atoms with Crippen molar-refractivity contribution >= 4 is 0 Å². The molecule has 2 unspecified atom stereocenters. The molecule has 0 heteroatoms. The Morgan fingerprint density at radius 3 is 2.00 bits per heavy atom. The Morgan fingerprint density at radius 2 is 1.50 bits per heavy atom. The van der Waals surface area contributed by atoms with Gasteiger partial charge in [0.2, 0.25) is 0 Å². The molecule has 92 valence electrons. The lowest BCUT2D eigenvalue weighted by molar-refractivity contribution is 0.355. The summed E-state index contributed by atoms with van der Waals surface area (Å²) in [6, 6.07) is 10.8. The molecule has 0 fully saturated rings. The van der Waals surface area contributed by atoms with Crippen LogP contribution in [0.3, 0.4) is 0 Å². The average molecular weight is 220 g/mol. The summed E-state index contributed by atoms with van der Waals surface area (Å²) in [7, 11) is 0. The molecule has 1 aromatic rings. The molecule has 0 spiro atoms. The molecule has 0 radical (unpaired) electrons. The fourth-order valence-corrected chi connectivity index (χ4v) is 1.73. The standard InChI is InChI=1S/C14H22.C2H6/c1-4-12(2)13(3)10-11-14-8-6-5-7-9-14;1-2/h5-9,12-13H,4,10-11H2,1-3H3;1-2H3. The molecular weight excluding hydrogens is 192 g/mol. The maximum Gasteiger partial charge on any atom is -0.0276 e. The van der Waals surface area contributed by atoms with Gasteiger partial charge in [0.1, 0.15) is 0 Å². The van der Waals surface area contributed by atoms with Gasteiger partial charge in [-0.25, -0.2) is 0 Å². The van der Waals surface area contributed by atoms with Gasteiger partial charge in [0.15, 0.2) is 0 Å². The van der Waals surface area contributed by atoms with E-state index in [9.17, 15) is 0 Å². The lowest BCUT2D eigenvalue weighted by atomic mass is 9.88. The van der Waals surface area contributed by atoms with Gasteiger partial charge in [0.05, 0.1) is 0 Å². The summed E-state index contributed by atoms with van der Waals surface area (Å²) in [6.07, 6.45) is 3.85. The molecule has 0 saturated carbocycles. The molecule has 0 heterocycles. The lowest BCUT2D eigenvalue weighted by Crippen LogP contribution is -2.07. The van der Waals surface area contributed by atoms with Crippen LogP contribution in [0.5, 0.6) is 0 Å². The summed E-state index contributed by atoms with van der Waals surface area (Å²) in [6.45, 7) is 11.0. The Kier molecular flexibility index (Phi) is 8.99. The predicted molar refractivity (Wildman–Crippen MR) is 74.7 cm³/mol. The molecule has 0 aliphatic carbocycles. The minimum atomic E-state index is 0.847. The quantitative estimate of drug-likeness (QED) is 0.629. The van der Waals surface area contributed by atoms with Crippen molar-refractivity contribution < 1.29 is 0 Å². The van der Waals surface area contributed by atoms with Crippen LogP contribution < -0.4 is 0 Å². The van der Waals surface area contributed by atoms with Crippen LogP contribution in [0.4, 0.5) is 0 Å². The van der Waals surface area contributed by atoms with Crippen molar-refractivity contribution in [3.8, 4) is 0 Å². The first-order chi connectivity index (χ1) is 7.74. The van der Waals surface area contributed by atoms with Crippen molar-refractivity contribution in [3.63, 3.8) is 0 Å². The third-order valence-electron chi connectivity index (χ3n) is 3.35. The highest BCUT2D eigenvalue weighted by Crippen LogP contribution is 2.20. The highest BCUT2D eigenvalue weighted by atomic mass is 14.1. The van der Waals surface area contributed by atoms with Gasteiger partial charge in [-0.05, 0) is 30.2 Å². The van der Waals surface area contributed by atoms with Gasteiger partial charge in [-0.3, -0.25) is 0 Å². The zero-order valence-corrected chi connectivity index (χ0v) is 11.7. The van der Waals surface area contributed by atoms with Crippen LogP contribution in [0.15, 0.2) is 30.3 Å². The smallest absolute Gasteiger partial charge is 0.0276 e. The summed E-state index contributed by atoms with van der Waals surface area (Å²) in [5, 5.41) is 0. The van der Waals surface area contributed by atoms with E-state index < -0.39 is 0 Å². The van der Waals surface area contributed by atoms with Gasteiger partial charge in [-0.2, -0.15) is 0 Å². The molecule has 1 rings (SSSR count). The fraction of sp³-hybridized carbons (Fsp3) is 0.625. The van der Waals surface area contributed by atoms with Crippen molar-refractivity contribution in [2.45, 2.75) is 53.9 Å². The van der Waals surface area contributed by atoms with Gasteiger partial charge in [0, 0.05) is 0 Å². The zero-order chi connectivity index (χ0) is 12.4. The minimum Gasteiger partial charge on any atom is -0.0683 e. The number of hydrogen-bond acceptors (Lipinski definition) is 0. The number of hydrogen-bond donors (Lipinski definition) is 0. The summed E-state index contributed by atoms with van der Waals surface area (Å²) in [4.78, 5) is 0. The van der Waals surface area contributed by atoms with E-state index >= 15 is 0 Å². The SMILES string of the molecule is CC.CCC(C)C(C)CCc1ccccc1. The largest absolute Gasteiger partial charge is 0.0683 e. The molecule has 0 aliphatic rings. The molecule has 0 aromatic heterocycles. The van der Waals surface area contributed by atoms with Crippen LogP contribution in [-0.2, 0) is 6.42 Å². The molecule has 0 aliphatic heterocycles. The Morgan fingerprint density at radius 1 is 0.938 bits per heavy atom. The third-order valence-corrected chi connectivity index (χ3v) is 3.35. The van der Waals surface area contributed by atoms with Crippen molar-refractivity contribution in [3.05, 3.63) is 35.9 Å². The second-order valence-corrected chi connectivity index (χ2v) is 4.39. The summed E-state index contributed by atoms with van der Waals surface area (Å²) in [5.41, 5.74) is 1.47. The number of aryl methyl sites for hydroxylation is 1. The predicted octanol–water partition coefficient (Wildman–Crippen LogP) is 5.33. The highest BCUT2D eigenvalue weighted by molar-refractivity contribution is 5.14. The van der Waals surface area contributed by atoms with Gasteiger partial charge >= 0.3 is 0 Å². The molecule has 2 atom stereocenters. The lowest BCUT2D eigenvalue weighted by Gasteiger charge is -2.17. The zero-order valence-electron chi connectivity index (χ0n) is 11.7. The molecular formula is C16H28. The number of rotatable bonds is 5. The van der Waals surface area contributed by atoms with E-state index in [0.29, 0.717) is 0 Å². The number of benzene rings is 1. The van der Waals surface area contributed by atoms with E-state index in [1.165, 1.54) is 24.8 Å². The van der Waals surface area contributed by atoms with Crippen LogP contribution >= 0.6 is 0 Å². The second-order valence-electron chi connectivity index (χ2n) is 4.39. The summed E-state index contributed by atoms with van der Waals surface area (Å²) >= 11 is 0. The van der Waals surface area contributed by atoms with Crippen LogP contribution in [0.25, 0.3) is 0 Å². The monoisotopic (exact) mass is 220 g/mol. The van der Waals surface area contributed by atoms with E-state index in [2.05, 4.69) is 51.1 Å². The van der Waals surface area contributed by atoms with Gasteiger partial charge in [-0.1, -0.05) is 71.4 Å². The first kappa shape index (κ1) is 15.2. The van der Waals surface area contributed by atoms with E-state index in [-0.39, 0.29) is 0 Å². The molecule has 0 saturated heterocycles. The van der Waals surface area contributed by atoms with Crippen molar-refractivity contribution in [2.75, 3.05) is 0 Å². The normalized spacial score (nSPS) is 13.6. The average Bonchev–Trinajstić information content (AvgIpc) is 2.38. The Labute approximate surface area is 102 Å². The van der Waals surface area contributed by atoms with Crippen LogP contribution in [0.2, 0.25) is 0 Å². The van der Waals surface area contributed by atoms with Crippen LogP contribution in [0, 0.1) is 11.8 Å². The van der Waals surface area contributed by atoms with Crippen molar-refractivity contribution in [2.24, 2.45) is 11.8 Å². The maximum atomic E-state index is 2.37. The molecule has 0 nitrogen and oxygen atoms in total. The first-order valence-electron chi connectivity index (χ1n) is 6.78. The molecule has 0 bridgehead atoms. The fourth-order valence-electron chi connectivity index (χ4n) is 1.73. The van der Waals surface area contributed by atoms with Crippen LogP contribution in [0.1, 0.15) is 53.0 Å². The molecule has 0 N–H and O–H groups in total. The first-order valence-corrected chi connectivity index (χ1v) is 6.78. The van der Waals surface area contributed by atoms with E-state index in [1.807, 2.05) is 13.8 Å². The maximum absolute atomic E-state index is 2.37. The highest BCUT2D eigenvalue weighted by Gasteiger charge is 2.09. The third kappa shape index (κ3) is 5.95. The Balaban J connectivity index is 0.00000106. The Hall–Kier alpha value is -0.780. The van der Waals surface area contributed by atoms with Crippen molar-refractivity contribution in [1.82, 2.24) is 0 Å². The Bertz CT molecular complexity index is 237. The van der Waals surface area contributed by atoms with Crippen LogP contribution in [-0.4, -0.2) is 0 Å². The summed E-state index contributed by atoms with van der Waals surface area (Å²) in [5.74, 6) is 1.71. The second kappa shape index (κ2) is 9.45. The van der Waals surface area contributed by atoms with Crippen molar-refractivity contribution in [1.29, 1.82) is 0 Å². The summed E-state index contributed by atoms with van der Waals surface area (Å²) < 4.78 is 0. The van der Waals surface area contributed by atoms with E-state index in [0.717, 1.165) is 11.8 Å². The molecule has 0 amide bonds. The van der Waals surface area contributed by atoms with E-state index in [4.69, 9.17) is 0 Å². The van der Waals surface area contributed by atoms with E-state index in [1.54, 1.807) is 0 Å². The van der Waals surface area contributed by atoms with Gasteiger partial charge < -0.3 is 0 Å². The molecule has 1 aromatic carbocycles. The van der Waals surface area contributed by atoms with Gasteiger partial charge in [0.25, 0.3) is 0 Å². The molecule has 16 heavy (non-hydrogen) atoms. The van der Waals surface area contributed by atoms with Gasteiger partial charge in [-0.15, -0.1) is 0 Å².